The first-order valence-electron chi connectivity index (χ1n) is 13.8. The summed E-state index contributed by atoms with van der Waals surface area (Å²) in [6.07, 6.45) is 2.11. The largest absolute Gasteiger partial charge is 0.493 e. The lowest BCUT2D eigenvalue weighted by Gasteiger charge is -2.17. The molecule has 0 aliphatic rings. The minimum Gasteiger partial charge on any atom is -0.493 e. The first kappa shape index (κ1) is 27.0. The van der Waals surface area contributed by atoms with Crippen molar-refractivity contribution in [3.05, 3.63) is 115 Å². The number of ether oxygens (including phenoxy) is 2. The summed E-state index contributed by atoms with van der Waals surface area (Å²) in [6, 6.07) is 34.0. The average Bonchev–Trinajstić information content (AvgIpc) is 3.37. The van der Waals surface area contributed by atoms with Crippen molar-refractivity contribution in [1.82, 2.24) is 14.9 Å². The third-order valence-electron chi connectivity index (χ3n) is 6.98. The first-order chi connectivity index (χ1) is 19.6. The Hall–Kier alpha value is -4.58. The summed E-state index contributed by atoms with van der Waals surface area (Å²) in [5, 5.41) is 3.17. The van der Waals surface area contributed by atoms with Gasteiger partial charge in [0, 0.05) is 6.54 Å². The molecule has 1 aromatic heterocycles. The Labute approximate surface area is 235 Å². The van der Waals surface area contributed by atoms with Crippen molar-refractivity contribution in [3.8, 4) is 22.6 Å². The number of nitrogens with one attached hydrogen (secondary N) is 1. The molecular formula is C34H35N3O3. The van der Waals surface area contributed by atoms with Gasteiger partial charge in [-0.2, -0.15) is 0 Å². The molecule has 204 valence electrons. The van der Waals surface area contributed by atoms with Gasteiger partial charge in [-0.1, -0.05) is 78.9 Å². The molecule has 1 heterocycles. The van der Waals surface area contributed by atoms with Crippen molar-refractivity contribution in [1.29, 1.82) is 0 Å². The van der Waals surface area contributed by atoms with E-state index in [0.717, 1.165) is 64.4 Å². The number of imidazole rings is 1. The average molecular weight is 534 g/mol. The highest BCUT2D eigenvalue weighted by Gasteiger charge is 2.18. The van der Waals surface area contributed by atoms with Crippen LogP contribution < -0.4 is 14.8 Å². The second kappa shape index (κ2) is 13.0. The summed E-state index contributed by atoms with van der Waals surface area (Å²) in [5.41, 5.74) is 5.28. The fourth-order valence-corrected chi connectivity index (χ4v) is 4.94. The van der Waals surface area contributed by atoms with E-state index in [1.165, 1.54) is 0 Å². The molecule has 1 amide bonds. The molecule has 0 saturated heterocycles. The van der Waals surface area contributed by atoms with E-state index in [0.29, 0.717) is 13.0 Å². The zero-order valence-electron chi connectivity index (χ0n) is 23.0. The molecule has 6 heteroatoms. The van der Waals surface area contributed by atoms with E-state index < -0.39 is 0 Å². The fraction of sp³-hybridized carbons (Fsp3) is 0.235. The van der Waals surface area contributed by atoms with Crippen LogP contribution in [0.3, 0.4) is 0 Å². The van der Waals surface area contributed by atoms with E-state index in [2.05, 4.69) is 40.2 Å². The van der Waals surface area contributed by atoms with Gasteiger partial charge in [0.2, 0.25) is 5.91 Å². The third-order valence-corrected chi connectivity index (χ3v) is 6.98. The Morgan fingerprint density at radius 1 is 0.825 bits per heavy atom. The van der Waals surface area contributed by atoms with E-state index in [4.69, 9.17) is 14.5 Å². The van der Waals surface area contributed by atoms with Crippen molar-refractivity contribution < 1.29 is 14.3 Å². The van der Waals surface area contributed by atoms with Crippen LogP contribution >= 0.6 is 0 Å². The number of hydrogen-bond acceptors (Lipinski definition) is 4. The molecule has 4 aromatic carbocycles. The predicted octanol–water partition coefficient (Wildman–Crippen LogP) is 6.99. The quantitative estimate of drug-likeness (QED) is 0.176. The van der Waals surface area contributed by atoms with Gasteiger partial charge in [0.25, 0.3) is 0 Å². The van der Waals surface area contributed by atoms with Crippen molar-refractivity contribution in [2.24, 2.45) is 0 Å². The molecule has 1 N–H and O–H groups in total. The van der Waals surface area contributed by atoms with E-state index in [-0.39, 0.29) is 11.9 Å². The predicted molar refractivity (Wildman–Crippen MR) is 160 cm³/mol. The molecule has 0 spiro atoms. The summed E-state index contributed by atoms with van der Waals surface area (Å²) in [7, 11) is 1.65. The van der Waals surface area contributed by atoms with Crippen LogP contribution in [0, 0.1) is 0 Å². The topological polar surface area (TPSA) is 65.4 Å². The van der Waals surface area contributed by atoms with Crippen LogP contribution in [0.2, 0.25) is 0 Å². The van der Waals surface area contributed by atoms with Crippen LogP contribution in [-0.2, 0) is 17.8 Å². The number of carbonyl (C=O) groups is 1. The minimum atomic E-state index is -0.228. The zero-order chi connectivity index (χ0) is 27.7. The molecular weight excluding hydrogens is 498 g/mol. The number of methoxy groups -OCH3 is 1. The highest BCUT2D eigenvalue weighted by molar-refractivity contribution is 5.80. The summed E-state index contributed by atoms with van der Waals surface area (Å²) in [4.78, 5) is 17.9. The molecule has 1 unspecified atom stereocenters. The van der Waals surface area contributed by atoms with Crippen LogP contribution in [0.25, 0.3) is 22.2 Å². The number of aryl methyl sites for hydroxylation is 1. The molecule has 6 nitrogen and oxygen atoms in total. The molecule has 40 heavy (non-hydrogen) atoms. The third kappa shape index (κ3) is 6.52. The van der Waals surface area contributed by atoms with E-state index in [9.17, 15) is 4.79 Å². The van der Waals surface area contributed by atoms with E-state index in [1.807, 2.05) is 79.7 Å². The maximum absolute atomic E-state index is 13.0. The first-order valence-corrected chi connectivity index (χ1v) is 13.8. The molecule has 0 fully saturated rings. The van der Waals surface area contributed by atoms with Gasteiger partial charge in [0.1, 0.15) is 5.82 Å². The van der Waals surface area contributed by atoms with Gasteiger partial charge < -0.3 is 19.4 Å². The molecule has 0 saturated carbocycles. The van der Waals surface area contributed by atoms with Crippen LogP contribution in [0.4, 0.5) is 0 Å². The van der Waals surface area contributed by atoms with Crippen molar-refractivity contribution >= 4 is 16.9 Å². The molecule has 0 radical (unpaired) electrons. The number of benzene rings is 4. The van der Waals surface area contributed by atoms with Crippen molar-refractivity contribution in [2.45, 2.75) is 38.8 Å². The Morgan fingerprint density at radius 3 is 2.27 bits per heavy atom. The lowest BCUT2D eigenvalue weighted by Crippen LogP contribution is -2.30. The number of fused-ring (bicyclic) bond motifs is 1. The van der Waals surface area contributed by atoms with Gasteiger partial charge in [0.05, 0.1) is 37.2 Å². The Morgan fingerprint density at radius 2 is 1.50 bits per heavy atom. The summed E-state index contributed by atoms with van der Waals surface area (Å²) >= 11 is 0. The standard InChI is InChI=1S/C34H35N3O3/c1-25(35-33(38)24-26-18-20-28(21-19-26)27-12-4-3-5-13-27)34-36-29-14-6-7-15-30(29)37(34)22-10-11-23-40-32-17-9-8-16-31(32)39-2/h3-9,12-21,25H,10-11,22-24H2,1-2H3,(H,35,38). The molecule has 0 bridgehead atoms. The minimum absolute atomic E-state index is 0.0243. The van der Waals surface area contributed by atoms with Gasteiger partial charge >= 0.3 is 0 Å². The lowest BCUT2D eigenvalue weighted by atomic mass is 10.0. The number of carbonyl (C=O) groups excluding carboxylic acids is 1. The Bertz CT molecular complexity index is 1540. The zero-order valence-corrected chi connectivity index (χ0v) is 23.0. The summed E-state index contributed by atoms with van der Waals surface area (Å²) in [6.45, 7) is 3.38. The van der Waals surface area contributed by atoms with Crippen LogP contribution in [0.1, 0.15) is 37.2 Å². The second-order valence-electron chi connectivity index (χ2n) is 9.85. The second-order valence-corrected chi connectivity index (χ2v) is 9.85. The lowest BCUT2D eigenvalue weighted by molar-refractivity contribution is -0.121. The molecule has 0 aliphatic heterocycles. The highest BCUT2D eigenvalue weighted by Crippen LogP contribution is 2.26. The number of aromatic nitrogens is 2. The normalized spacial score (nSPS) is 11.8. The number of rotatable bonds is 12. The van der Waals surface area contributed by atoms with Crippen LogP contribution in [-0.4, -0.2) is 29.2 Å². The number of amides is 1. The van der Waals surface area contributed by atoms with Gasteiger partial charge in [-0.25, -0.2) is 4.98 Å². The Balaban J connectivity index is 1.20. The number of unbranched alkanes of at least 4 members (excludes halogenated alkanes) is 1. The smallest absolute Gasteiger partial charge is 0.224 e. The van der Waals surface area contributed by atoms with E-state index >= 15 is 0 Å². The summed E-state index contributed by atoms with van der Waals surface area (Å²) < 4.78 is 13.5. The van der Waals surface area contributed by atoms with Crippen molar-refractivity contribution in [2.75, 3.05) is 13.7 Å². The maximum Gasteiger partial charge on any atom is 0.224 e. The van der Waals surface area contributed by atoms with Gasteiger partial charge in [-0.15, -0.1) is 0 Å². The van der Waals surface area contributed by atoms with Gasteiger partial charge in [0.15, 0.2) is 11.5 Å². The van der Waals surface area contributed by atoms with Crippen molar-refractivity contribution in [3.63, 3.8) is 0 Å². The van der Waals surface area contributed by atoms with E-state index in [1.54, 1.807) is 7.11 Å². The molecule has 5 rings (SSSR count). The fourth-order valence-electron chi connectivity index (χ4n) is 4.94. The summed E-state index contributed by atoms with van der Waals surface area (Å²) in [5.74, 6) is 2.33. The number of para-hydroxylation sites is 4. The van der Waals surface area contributed by atoms with Crippen LogP contribution in [0.5, 0.6) is 11.5 Å². The highest BCUT2D eigenvalue weighted by atomic mass is 16.5. The molecule has 0 aliphatic carbocycles. The maximum atomic E-state index is 13.0. The SMILES string of the molecule is COc1ccccc1OCCCCn1c(C(C)NC(=O)Cc2ccc(-c3ccccc3)cc2)nc2ccccc21. The molecule has 1 atom stereocenters. The molecule has 5 aromatic rings. The van der Waals surface area contributed by atoms with Gasteiger partial charge in [-0.3, -0.25) is 4.79 Å². The number of hydrogen-bond donors (Lipinski definition) is 1. The van der Waals surface area contributed by atoms with Gasteiger partial charge in [-0.05, 0) is 60.7 Å². The monoisotopic (exact) mass is 533 g/mol. The number of nitrogens with zero attached hydrogens (tertiary/aromatic N) is 2. The van der Waals surface area contributed by atoms with Crippen LogP contribution in [0.15, 0.2) is 103 Å². The Kier molecular flexibility index (Phi) is 8.76.